The summed E-state index contributed by atoms with van der Waals surface area (Å²) in [5.74, 6) is 0.717. The molecule has 0 amide bonds. The van der Waals surface area contributed by atoms with E-state index in [1.165, 1.54) is 11.1 Å². The van der Waals surface area contributed by atoms with Crippen molar-refractivity contribution in [2.45, 2.75) is 51.7 Å². The van der Waals surface area contributed by atoms with Crippen LogP contribution in [0.5, 0.6) is 0 Å². The van der Waals surface area contributed by atoms with Crippen LogP contribution >= 0.6 is 0 Å². The number of nitrogens with zero attached hydrogens (tertiary/aromatic N) is 6. The highest BCUT2D eigenvalue weighted by Gasteiger charge is 2.45. The predicted molar refractivity (Wildman–Crippen MR) is 114 cm³/mol. The highest BCUT2D eigenvalue weighted by atomic mass is 16.5. The van der Waals surface area contributed by atoms with Crippen molar-refractivity contribution in [3.63, 3.8) is 0 Å². The van der Waals surface area contributed by atoms with Crippen LogP contribution in [0.15, 0.2) is 33.7 Å². The van der Waals surface area contributed by atoms with Gasteiger partial charge in [0.05, 0.1) is 24.1 Å². The topological polar surface area (TPSA) is 99.2 Å². The Morgan fingerprint density at radius 3 is 2.74 bits per heavy atom. The molecule has 0 aromatic carbocycles. The third kappa shape index (κ3) is 3.74. The molecule has 2 fully saturated rings. The normalized spacial score (nSPS) is 17.7. The molecule has 31 heavy (non-hydrogen) atoms. The third-order valence-corrected chi connectivity index (χ3v) is 6.15. The van der Waals surface area contributed by atoms with Gasteiger partial charge in [-0.1, -0.05) is 12.1 Å². The lowest BCUT2D eigenvalue weighted by atomic mass is 9.86. The molecular formula is C22H26N6O3. The summed E-state index contributed by atoms with van der Waals surface area (Å²) in [6.07, 6.45) is 5.84. The Bertz CT molecular complexity index is 1120. The van der Waals surface area contributed by atoms with E-state index >= 15 is 0 Å². The van der Waals surface area contributed by atoms with Crippen LogP contribution in [0.25, 0.3) is 11.4 Å². The van der Waals surface area contributed by atoms with Crippen LogP contribution in [-0.4, -0.2) is 50.4 Å². The van der Waals surface area contributed by atoms with Crippen molar-refractivity contribution in [2.75, 3.05) is 24.6 Å². The maximum atomic E-state index is 12.8. The fourth-order valence-corrected chi connectivity index (χ4v) is 4.37. The minimum Gasteiger partial charge on any atom is -0.371 e. The van der Waals surface area contributed by atoms with E-state index in [0.717, 1.165) is 49.5 Å². The molecule has 0 atom stereocenters. The van der Waals surface area contributed by atoms with E-state index in [0.29, 0.717) is 23.6 Å². The van der Waals surface area contributed by atoms with Gasteiger partial charge in [-0.05, 0) is 38.3 Å². The molecule has 9 nitrogen and oxygen atoms in total. The summed E-state index contributed by atoms with van der Waals surface area (Å²) in [6.45, 7) is 6.61. The van der Waals surface area contributed by atoms with Gasteiger partial charge in [0.25, 0.3) is 5.56 Å². The van der Waals surface area contributed by atoms with Crippen molar-refractivity contribution in [1.29, 1.82) is 0 Å². The average Bonchev–Trinajstić information content (AvgIpc) is 3.17. The Labute approximate surface area is 180 Å². The number of hydrogen-bond donors (Lipinski definition) is 0. The van der Waals surface area contributed by atoms with Crippen LogP contribution in [0.3, 0.4) is 0 Å². The van der Waals surface area contributed by atoms with Gasteiger partial charge in [0, 0.05) is 37.7 Å². The lowest BCUT2D eigenvalue weighted by molar-refractivity contribution is -0.0949. The Balaban J connectivity index is 1.37. The molecule has 2 saturated heterocycles. The standard InChI is InChI=1S/C22H26N6O3/c1-3-19-17(21(26-31-19)18-7-6-15(2)24-25-18)12-28-20(29)10-16(11-23-28)27-13-22(14-27)8-4-5-9-30-22/h6-7,10-11H,3-5,8-9,12-14H2,1-2H3. The van der Waals surface area contributed by atoms with E-state index in [4.69, 9.17) is 9.26 Å². The fourth-order valence-electron chi connectivity index (χ4n) is 4.37. The largest absolute Gasteiger partial charge is 0.371 e. The average molecular weight is 422 g/mol. The molecule has 162 valence electrons. The molecule has 0 saturated carbocycles. The van der Waals surface area contributed by atoms with E-state index < -0.39 is 0 Å². The molecule has 3 aromatic heterocycles. The molecule has 0 radical (unpaired) electrons. The summed E-state index contributed by atoms with van der Waals surface area (Å²) < 4.78 is 12.9. The fraction of sp³-hybridized carbons (Fsp3) is 0.500. The van der Waals surface area contributed by atoms with Crippen molar-refractivity contribution in [3.8, 4) is 11.4 Å². The summed E-state index contributed by atoms with van der Waals surface area (Å²) in [5.41, 5.74) is 3.49. The van der Waals surface area contributed by atoms with Gasteiger partial charge in [0.1, 0.15) is 22.7 Å². The highest BCUT2D eigenvalue weighted by Crippen LogP contribution is 2.36. The van der Waals surface area contributed by atoms with Gasteiger partial charge in [-0.25, -0.2) is 4.68 Å². The number of aromatic nitrogens is 5. The van der Waals surface area contributed by atoms with E-state index in [1.54, 1.807) is 12.3 Å². The van der Waals surface area contributed by atoms with Gasteiger partial charge in [0.15, 0.2) is 0 Å². The number of ether oxygens (including phenoxy) is 1. The summed E-state index contributed by atoms with van der Waals surface area (Å²) in [7, 11) is 0. The Morgan fingerprint density at radius 1 is 1.19 bits per heavy atom. The quantitative estimate of drug-likeness (QED) is 0.618. The summed E-state index contributed by atoms with van der Waals surface area (Å²) in [5, 5.41) is 16.9. The molecule has 0 N–H and O–H groups in total. The van der Waals surface area contributed by atoms with Crippen LogP contribution in [0.1, 0.15) is 43.2 Å². The molecule has 0 bridgehead atoms. The minimum atomic E-state index is -0.160. The van der Waals surface area contributed by atoms with Gasteiger partial charge >= 0.3 is 0 Å². The highest BCUT2D eigenvalue weighted by molar-refractivity contribution is 5.59. The SMILES string of the molecule is CCc1onc(-c2ccc(C)nn2)c1Cn1ncc(N2CC3(CCCCO3)C2)cc1=O. The van der Waals surface area contributed by atoms with Crippen LogP contribution in [0.2, 0.25) is 0 Å². The second-order valence-corrected chi connectivity index (χ2v) is 8.40. The number of rotatable bonds is 5. The van der Waals surface area contributed by atoms with Crippen molar-refractivity contribution in [2.24, 2.45) is 0 Å². The van der Waals surface area contributed by atoms with E-state index in [2.05, 4.69) is 25.4 Å². The van der Waals surface area contributed by atoms with Crippen molar-refractivity contribution in [1.82, 2.24) is 25.1 Å². The van der Waals surface area contributed by atoms with Gasteiger partial charge in [-0.2, -0.15) is 10.2 Å². The lowest BCUT2D eigenvalue weighted by Gasteiger charge is -2.52. The third-order valence-electron chi connectivity index (χ3n) is 6.15. The maximum absolute atomic E-state index is 12.8. The monoisotopic (exact) mass is 422 g/mol. The minimum absolute atomic E-state index is 0.0322. The van der Waals surface area contributed by atoms with Gasteiger partial charge in [-0.3, -0.25) is 4.79 Å². The van der Waals surface area contributed by atoms with Gasteiger partial charge in [0.2, 0.25) is 0 Å². The lowest BCUT2D eigenvalue weighted by Crippen LogP contribution is -2.64. The molecule has 1 spiro atoms. The smallest absolute Gasteiger partial charge is 0.269 e. The number of anilines is 1. The van der Waals surface area contributed by atoms with Crippen molar-refractivity contribution >= 4 is 5.69 Å². The molecule has 9 heteroatoms. The zero-order valence-corrected chi connectivity index (χ0v) is 17.9. The Morgan fingerprint density at radius 2 is 2.06 bits per heavy atom. The van der Waals surface area contributed by atoms with Crippen molar-refractivity contribution in [3.05, 3.63) is 51.8 Å². The molecule has 0 unspecified atom stereocenters. The van der Waals surface area contributed by atoms with Crippen LogP contribution in [0, 0.1) is 6.92 Å². The summed E-state index contributed by atoms with van der Waals surface area (Å²) in [4.78, 5) is 15.0. The van der Waals surface area contributed by atoms with Crippen molar-refractivity contribution < 1.29 is 9.26 Å². The van der Waals surface area contributed by atoms with Crippen LogP contribution in [0.4, 0.5) is 5.69 Å². The first kappa shape index (κ1) is 19.9. The zero-order valence-electron chi connectivity index (χ0n) is 17.9. The van der Waals surface area contributed by atoms with E-state index in [1.807, 2.05) is 26.0 Å². The van der Waals surface area contributed by atoms with E-state index in [9.17, 15) is 4.79 Å². The second kappa shape index (κ2) is 7.88. The van der Waals surface area contributed by atoms with Crippen LogP contribution < -0.4 is 10.5 Å². The molecule has 5 rings (SSSR count). The number of aryl methyl sites for hydroxylation is 2. The number of hydrogen-bond acceptors (Lipinski definition) is 8. The van der Waals surface area contributed by atoms with E-state index in [-0.39, 0.29) is 17.7 Å². The summed E-state index contributed by atoms with van der Waals surface area (Å²) in [6, 6.07) is 5.38. The molecule has 3 aromatic rings. The molecular weight excluding hydrogens is 396 g/mol. The molecule has 2 aliphatic heterocycles. The first-order valence-electron chi connectivity index (χ1n) is 10.8. The van der Waals surface area contributed by atoms with Gasteiger partial charge in [-0.15, -0.1) is 5.10 Å². The summed E-state index contributed by atoms with van der Waals surface area (Å²) >= 11 is 0. The molecule has 5 heterocycles. The Kier molecular flexibility index (Phi) is 5.05. The first-order chi connectivity index (χ1) is 15.1. The predicted octanol–water partition coefficient (Wildman–Crippen LogP) is 2.37. The van der Waals surface area contributed by atoms with Crippen LogP contribution in [-0.2, 0) is 17.7 Å². The molecule has 2 aliphatic rings. The first-order valence-corrected chi connectivity index (χ1v) is 10.8. The molecule has 0 aliphatic carbocycles. The Hall–Kier alpha value is -3.07. The second-order valence-electron chi connectivity index (χ2n) is 8.40. The maximum Gasteiger partial charge on any atom is 0.269 e. The zero-order chi connectivity index (χ0) is 21.4. The van der Waals surface area contributed by atoms with Gasteiger partial charge < -0.3 is 14.2 Å².